The standard InChI is InChI=1S/C30H44N2O5/c1-3-4-5-6-9-21-36-26-12-10-24(11-13-26)30(34)28(23-32-19-7-8-20-32)31-29(33)18-22-37-27-16-14-25(35-2)15-17-27/h10-17,28,30,34H,3-9,18-23H2,1-2H3,(H,31,33)/t28-,30-/m1/s1. The van der Waals surface area contributed by atoms with Gasteiger partial charge in [-0.2, -0.15) is 0 Å². The highest BCUT2D eigenvalue weighted by Gasteiger charge is 2.26. The fourth-order valence-electron chi connectivity index (χ4n) is 4.57. The smallest absolute Gasteiger partial charge is 0.223 e. The third-order valence-electron chi connectivity index (χ3n) is 6.78. The minimum absolute atomic E-state index is 0.139. The fourth-order valence-corrected chi connectivity index (χ4v) is 4.57. The Balaban J connectivity index is 1.50. The summed E-state index contributed by atoms with van der Waals surface area (Å²) in [5.74, 6) is 2.11. The molecule has 1 aliphatic heterocycles. The number of amides is 1. The van der Waals surface area contributed by atoms with Crippen LogP contribution in [0.15, 0.2) is 48.5 Å². The Morgan fingerprint density at radius 2 is 1.49 bits per heavy atom. The quantitative estimate of drug-likeness (QED) is 0.286. The first kappa shape index (κ1) is 28.8. The lowest BCUT2D eigenvalue weighted by Gasteiger charge is -2.29. The Morgan fingerprint density at radius 1 is 0.892 bits per heavy atom. The molecule has 0 radical (unpaired) electrons. The van der Waals surface area contributed by atoms with Crippen LogP contribution in [0.3, 0.4) is 0 Å². The Hall–Kier alpha value is -2.77. The van der Waals surface area contributed by atoms with Gasteiger partial charge in [0.1, 0.15) is 23.4 Å². The zero-order chi connectivity index (χ0) is 26.3. The number of hydrogen-bond acceptors (Lipinski definition) is 6. The predicted molar refractivity (Wildman–Crippen MR) is 146 cm³/mol. The first-order chi connectivity index (χ1) is 18.1. The van der Waals surface area contributed by atoms with Crippen molar-refractivity contribution in [2.45, 2.75) is 70.4 Å². The summed E-state index contributed by atoms with van der Waals surface area (Å²) in [5, 5.41) is 14.3. The summed E-state index contributed by atoms with van der Waals surface area (Å²) >= 11 is 0. The number of ether oxygens (including phenoxy) is 3. The van der Waals surface area contributed by atoms with Crippen molar-refractivity contribution < 1.29 is 24.1 Å². The fraction of sp³-hybridized carbons (Fsp3) is 0.567. The Labute approximate surface area is 222 Å². The second-order valence-corrected chi connectivity index (χ2v) is 9.73. The lowest BCUT2D eigenvalue weighted by atomic mass is 10.0. The molecule has 0 aliphatic carbocycles. The number of likely N-dealkylation sites (tertiary alicyclic amines) is 1. The van der Waals surface area contributed by atoms with Crippen LogP contribution in [0.1, 0.15) is 70.0 Å². The Kier molecular flexibility index (Phi) is 12.6. The van der Waals surface area contributed by atoms with E-state index >= 15 is 0 Å². The lowest BCUT2D eigenvalue weighted by molar-refractivity contribution is -0.123. The number of aliphatic hydroxyl groups excluding tert-OH is 1. The van der Waals surface area contributed by atoms with Crippen LogP contribution in [0, 0.1) is 0 Å². The SMILES string of the molecule is CCCCCCCOc1ccc([C@@H](O)[C@@H](CN2CCCC2)NC(=O)CCOc2ccc(OC)cc2)cc1. The lowest BCUT2D eigenvalue weighted by Crippen LogP contribution is -2.47. The number of aliphatic hydroxyl groups is 1. The summed E-state index contributed by atoms with van der Waals surface area (Å²) < 4.78 is 16.7. The van der Waals surface area contributed by atoms with Crippen LogP contribution >= 0.6 is 0 Å². The van der Waals surface area contributed by atoms with Gasteiger partial charge in [-0.3, -0.25) is 4.79 Å². The molecule has 7 heteroatoms. The highest BCUT2D eigenvalue weighted by Crippen LogP contribution is 2.23. The molecule has 0 aromatic heterocycles. The first-order valence-corrected chi connectivity index (χ1v) is 13.8. The minimum atomic E-state index is -0.810. The first-order valence-electron chi connectivity index (χ1n) is 13.8. The van der Waals surface area contributed by atoms with Crippen molar-refractivity contribution in [2.75, 3.05) is 40.0 Å². The second kappa shape index (κ2) is 16.2. The van der Waals surface area contributed by atoms with Crippen molar-refractivity contribution in [3.8, 4) is 17.2 Å². The number of carbonyl (C=O) groups excluding carboxylic acids is 1. The molecule has 2 aromatic carbocycles. The van der Waals surface area contributed by atoms with Crippen molar-refractivity contribution in [1.29, 1.82) is 0 Å². The molecule has 1 aliphatic rings. The average molecular weight is 513 g/mol. The van der Waals surface area contributed by atoms with Crippen LogP contribution in [-0.2, 0) is 4.79 Å². The van der Waals surface area contributed by atoms with Crippen molar-refractivity contribution in [1.82, 2.24) is 10.2 Å². The van der Waals surface area contributed by atoms with Gasteiger partial charge in [0.25, 0.3) is 0 Å². The Morgan fingerprint density at radius 3 is 2.14 bits per heavy atom. The third kappa shape index (κ3) is 10.3. The van der Waals surface area contributed by atoms with Gasteiger partial charge in [-0.05, 0) is 74.3 Å². The monoisotopic (exact) mass is 512 g/mol. The summed E-state index contributed by atoms with van der Waals surface area (Å²) in [6, 6.07) is 14.5. The van der Waals surface area contributed by atoms with Crippen LogP contribution in [0.4, 0.5) is 0 Å². The van der Waals surface area contributed by atoms with Gasteiger partial charge in [-0.1, -0.05) is 44.7 Å². The van der Waals surface area contributed by atoms with Gasteiger partial charge in [-0.25, -0.2) is 0 Å². The van der Waals surface area contributed by atoms with E-state index in [4.69, 9.17) is 14.2 Å². The van der Waals surface area contributed by atoms with Gasteiger partial charge < -0.3 is 29.5 Å². The van der Waals surface area contributed by atoms with E-state index in [2.05, 4.69) is 17.1 Å². The van der Waals surface area contributed by atoms with E-state index in [-0.39, 0.29) is 18.9 Å². The van der Waals surface area contributed by atoms with Crippen LogP contribution in [-0.4, -0.2) is 61.9 Å². The molecule has 0 bridgehead atoms. The normalized spacial score (nSPS) is 15.2. The molecule has 1 fully saturated rings. The summed E-state index contributed by atoms with van der Waals surface area (Å²) in [5.41, 5.74) is 0.772. The van der Waals surface area contributed by atoms with E-state index in [0.29, 0.717) is 18.9 Å². The molecule has 37 heavy (non-hydrogen) atoms. The number of carbonyl (C=O) groups is 1. The molecule has 1 amide bonds. The molecule has 0 saturated carbocycles. The summed E-state index contributed by atoms with van der Waals surface area (Å²) in [7, 11) is 1.62. The van der Waals surface area contributed by atoms with E-state index in [0.717, 1.165) is 49.4 Å². The van der Waals surface area contributed by atoms with Gasteiger partial charge >= 0.3 is 0 Å². The highest BCUT2D eigenvalue weighted by atomic mass is 16.5. The Bertz CT molecular complexity index is 897. The van der Waals surface area contributed by atoms with Crippen LogP contribution in [0.25, 0.3) is 0 Å². The maximum atomic E-state index is 12.8. The van der Waals surface area contributed by atoms with Crippen LogP contribution < -0.4 is 19.5 Å². The van der Waals surface area contributed by atoms with E-state index in [1.54, 1.807) is 7.11 Å². The van der Waals surface area contributed by atoms with Gasteiger partial charge in [-0.15, -0.1) is 0 Å². The zero-order valence-electron chi connectivity index (χ0n) is 22.5. The largest absolute Gasteiger partial charge is 0.497 e. The summed E-state index contributed by atoms with van der Waals surface area (Å²) in [4.78, 5) is 15.1. The molecular weight excluding hydrogens is 468 g/mol. The van der Waals surface area contributed by atoms with Crippen LogP contribution in [0.5, 0.6) is 17.2 Å². The minimum Gasteiger partial charge on any atom is -0.497 e. The molecule has 0 spiro atoms. The number of nitrogens with one attached hydrogen (secondary N) is 1. The molecule has 2 N–H and O–H groups in total. The zero-order valence-corrected chi connectivity index (χ0v) is 22.5. The van der Waals surface area contributed by atoms with E-state index in [9.17, 15) is 9.90 Å². The maximum Gasteiger partial charge on any atom is 0.223 e. The van der Waals surface area contributed by atoms with E-state index < -0.39 is 12.1 Å². The molecule has 7 nitrogen and oxygen atoms in total. The summed E-state index contributed by atoms with van der Waals surface area (Å²) in [6.45, 7) is 5.77. The van der Waals surface area contributed by atoms with Crippen molar-refractivity contribution in [2.24, 2.45) is 0 Å². The molecule has 1 saturated heterocycles. The number of methoxy groups -OCH3 is 1. The summed E-state index contributed by atoms with van der Waals surface area (Å²) in [6.07, 6.45) is 7.70. The second-order valence-electron chi connectivity index (χ2n) is 9.73. The van der Waals surface area contributed by atoms with Gasteiger partial charge in [0.15, 0.2) is 0 Å². The maximum absolute atomic E-state index is 12.8. The third-order valence-corrected chi connectivity index (χ3v) is 6.78. The van der Waals surface area contributed by atoms with Crippen molar-refractivity contribution in [3.05, 3.63) is 54.1 Å². The highest BCUT2D eigenvalue weighted by molar-refractivity contribution is 5.76. The van der Waals surface area contributed by atoms with Gasteiger partial charge in [0, 0.05) is 6.54 Å². The van der Waals surface area contributed by atoms with Crippen molar-refractivity contribution >= 4 is 5.91 Å². The number of rotatable bonds is 17. The van der Waals surface area contributed by atoms with Crippen LogP contribution in [0.2, 0.25) is 0 Å². The predicted octanol–water partition coefficient (Wildman–Crippen LogP) is 5.13. The van der Waals surface area contributed by atoms with Crippen molar-refractivity contribution in [3.63, 3.8) is 0 Å². The number of hydrogen-bond donors (Lipinski definition) is 2. The van der Waals surface area contributed by atoms with E-state index in [1.807, 2.05) is 48.5 Å². The average Bonchev–Trinajstić information content (AvgIpc) is 3.44. The molecular formula is C30H44N2O5. The van der Waals surface area contributed by atoms with E-state index in [1.165, 1.54) is 25.7 Å². The van der Waals surface area contributed by atoms with Gasteiger partial charge in [0.05, 0.1) is 32.8 Å². The number of unbranched alkanes of at least 4 members (excludes halogenated alkanes) is 4. The molecule has 1 heterocycles. The molecule has 0 unspecified atom stereocenters. The molecule has 3 rings (SSSR count). The van der Waals surface area contributed by atoms with Gasteiger partial charge in [0.2, 0.25) is 5.91 Å². The number of benzene rings is 2. The number of nitrogens with zero attached hydrogens (tertiary/aromatic N) is 1. The topological polar surface area (TPSA) is 80.3 Å². The molecule has 204 valence electrons. The molecule has 2 atom stereocenters. The molecule has 2 aromatic rings.